The third kappa shape index (κ3) is 4.45. The number of hydrogen-bond donors (Lipinski definition) is 0. The molecule has 0 radical (unpaired) electrons. The molecular formula is C22H28N4O3S2. The zero-order chi connectivity index (χ0) is 21.2. The van der Waals surface area contributed by atoms with Crippen molar-refractivity contribution in [2.75, 3.05) is 6.61 Å². The number of rotatable bonds is 8. The van der Waals surface area contributed by atoms with Gasteiger partial charge in [0, 0.05) is 17.9 Å². The van der Waals surface area contributed by atoms with E-state index in [0.29, 0.717) is 18.2 Å². The highest BCUT2D eigenvalue weighted by atomic mass is 32.2. The highest BCUT2D eigenvalue weighted by molar-refractivity contribution is 7.98. The van der Waals surface area contributed by atoms with Crippen LogP contribution in [0.5, 0.6) is 0 Å². The van der Waals surface area contributed by atoms with E-state index in [1.165, 1.54) is 28.6 Å². The van der Waals surface area contributed by atoms with Gasteiger partial charge in [0.05, 0.1) is 23.8 Å². The maximum Gasteiger partial charge on any atom is 0.263 e. The number of aromatic nitrogens is 4. The number of aryl methyl sites for hydroxylation is 3. The molecule has 0 N–H and O–H groups in total. The van der Waals surface area contributed by atoms with Gasteiger partial charge in [0.1, 0.15) is 4.83 Å². The van der Waals surface area contributed by atoms with E-state index in [9.17, 15) is 4.79 Å². The molecule has 0 amide bonds. The standard InChI is InChI=1S/C22H28N4O3S2/c1-2-3-10-17-23-18(29-25-17)13-30-22-24-20-19(15-8-4-5-9-16(15)31-20)21(27)26(22)12-14-7-6-11-28-14/h14H,2-13H2,1H3. The lowest BCUT2D eigenvalue weighted by Crippen LogP contribution is -2.29. The predicted molar refractivity (Wildman–Crippen MR) is 122 cm³/mol. The Morgan fingerprint density at radius 2 is 2.13 bits per heavy atom. The molecule has 1 saturated heterocycles. The molecule has 0 spiro atoms. The van der Waals surface area contributed by atoms with Crippen LogP contribution in [-0.2, 0) is 36.3 Å². The van der Waals surface area contributed by atoms with Crippen LogP contribution in [0.15, 0.2) is 14.5 Å². The van der Waals surface area contributed by atoms with Crippen LogP contribution in [0.3, 0.4) is 0 Å². The van der Waals surface area contributed by atoms with Crippen LogP contribution in [-0.4, -0.2) is 32.4 Å². The lowest BCUT2D eigenvalue weighted by Gasteiger charge is -2.16. The molecule has 1 atom stereocenters. The van der Waals surface area contributed by atoms with Gasteiger partial charge in [0.25, 0.3) is 5.56 Å². The predicted octanol–water partition coefficient (Wildman–Crippen LogP) is 4.53. The van der Waals surface area contributed by atoms with Crippen molar-refractivity contribution in [1.29, 1.82) is 0 Å². The molecule has 1 aliphatic heterocycles. The largest absolute Gasteiger partial charge is 0.376 e. The van der Waals surface area contributed by atoms with Crippen molar-refractivity contribution < 1.29 is 9.26 Å². The fourth-order valence-electron chi connectivity index (χ4n) is 4.39. The van der Waals surface area contributed by atoms with Gasteiger partial charge in [0.2, 0.25) is 5.89 Å². The molecule has 0 aromatic carbocycles. The van der Waals surface area contributed by atoms with Gasteiger partial charge in [-0.2, -0.15) is 4.98 Å². The van der Waals surface area contributed by atoms with E-state index in [4.69, 9.17) is 14.2 Å². The molecule has 3 aromatic rings. The molecule has 166 valence electrons. The smallest absolute Gasteiger partial charge is 0.263 e. The topological polar surface area (TPSA) is 83.0 Å². The Morgan fingerprint density at radius 3 is 2.97 bits per heavy atom. The monoisotopic (exact) mass is 460 g/mol. The van der Waals surface area contributed by atoms with E-state index in [1.54, 1.807) is 11.3 Å². The first-order chi connectivity index (χ1) is 15.2. The normalized spacial score (nSPS) is 18.7. The van der Waals surface area contributed by atoms with Crippen LogP contribution >= 0.6 is 23.1 Å². The number of fused-ring (bicyclic) bond motifs is 3. The third-order valence-corrected chi connectivity index (χ3v) is 8.19. The van der Waals surface area contributed by atoms with E-state index in [1.807, 2.05) is 4.57 Å². The first kappa shape index (κ1) is 21.2. The molecule has 0 bridgehead atoms. The fraction of sp³-hybridized carbons (Fsp3) is 0.636. The van der Waals surface area contributed by atoms with Crippen molar-refractivity contribution in [2.45, 2.75) is 88.3 Å². The van der Waals surface area contributed by atoms with Crippen molar-refractivity contribution in [3.05, 3.63) is 32.5 Å². The number of nitrogens with zero attached hydrogens (tertiary/aromatic N) is 4. The second kappa shape index (κ2) is 9.42. The van der Waals surface area contributed by atoms with E-state index in [-0.39, 0.29) is 11.7 Å². The van der Waals surface area contributed by atoms with E-state index < -0.39 is 0 Å². The lowest BCUT2D eigenvalue weighted by molar-refractivity contribution is 0.0937. The van der Waals surface area contributed by atoms with E-state index >= 15 is 0 Å². The van der Waals surface area contributed by atoms with Crippen molar-refractivity contribution >= 4 is 33.3 Å². The highest BCUT2D eigenvalue weighted by Crippen LogP contribution is 2.35. The molecule has 9 heteroatoms. The quantitative estimate of drug-likeness (QED) is 0.361. The lowest BCUT2D eigenvalue weighted by atomic mass is 9.97. The summed E-state index contributed by atoms with van der Waals surface area (Å²) in [6, 6.07) is 0. The minimum atomic E-state index is 0.0785. The number of unbranched alkanes of at least 4 members (excludes halogenated alkanes) is 1. The summed E-state index contributed by atoms with van der Waals surface area (Å²) in [6.07, 6.45) is 9.50. The number of ether oxygens (including phenoxy) is 1. The summed E-state index contributed by atoms with van der Waals surface area (Å²) in [6.45, 7) is 3.47. The van der Waals surface area contributed by atoms with Crippen molar-refractivity contribution in [1.82, 2.24) is 19.7 Å². The Balaban J connectivity index is 1.46. The van der Waals surface area contributed by atoms with Crippen LogP contribution in [0.2, 0.25) is 0 Å². The van der Waals surface area contributed by atoms with Gasteiger partial charge >= 0.3 is 0 Å². The van der Waals surface area contributed by atoms with Gasteiger partial charge in [-0.3, -0.25) is 9.36 Å². The molecule has 31 heavy (non-hydrogen) atoms. The maximum atomic E-state index is 13.6. The summed E-state index contributed by atoms with van der Waals surface area (Å²) in [5, 5.41) is 5.63. The van der Waals surface area contributed by atoms with E-state index in [0.717, 1.165) is 79.2 Å². The number of thioether (sulfide) groups is 1. The summed E-state index contributed by atoms with van der Waals surface area (Å²) in [5.74, 6) is 1.84. The summed E-state index contributed by atoms with van der Waals surface area (Å²) >= 11 is 3.20. The van der Waals surface area contributed by atoms with Gasteiger partial charge in [-0.15, -0.1) is 11.3 Å². The van der Waals surface area contributed by atoms with Crippen LogP contribution in [0, 0.1) is 0 Å². The Labute approximate surface area is 189 Å². The molecule has 3 aromatic heterocycles. The Bertz CT molecular complexity index is 1110. The van der Waals surface area contributed by atoms with Crippen molar-refractivity contribution in [2.24, 2.45) is 0 Å². The molecule has 1 aliphatic carbocycles. The molecule has 1 unspecified atom stereocenters. The van der Waals surface area contributed by atoms with Crippen LogP contribution in [0.25, 0.3) is 10.2 Å². The molecule has 5 rings (SSSR count). The molecule has 4 heterocycles. The van der Waals surface area contributed by atoms with Crippen LogP contribution in [0.1, 0.15) is 67.6 Å². The zero-order valence-electron chi connectivity index (χ0n) is 17.9. The minimum Gasteiger partial charge on any atom is -0.376 e. The Morgan fingerprint density at radius 1 is 1.23 bits per heavy atom. The van der Waals surface area contributed by atoms with Crippen LogP contribution < -0.4 is 5.56 Å². The SMILES string of the molecule is CCCCc1noc(CSc2nc3sc4c(c3c(=O)n2CC2CCCO2)CCCC4)n1. The second-order valence-corrected chi connectivity index (χ2v) is 10.4. The third-order valence-electron chi connectivity index (χ3n) is 6.04. The summed E-state index contributed by atoms with van der Waals surface area (Å²) < 4.78 is 13.1. The zero-order valence-corrected chi connectivity index (χ0v) is 19.5. The number of hydrogen-bond acceptors (Lipinski definition) is 8. The minimum absolute atomic E-state index is 0.0785. The maximum absolute atomic E-state index is 13.6. The Hall–Kier alpha value is -1.71. The molecule has 7 nitrogen and oxygen atoms in total. The van der Waals surface area contributed by atoms with Gasteiger partial charge in [-0.25, -0.2) is 4.98 Å². The fourth-order valence-corrected chi connectivity index (χ4v) is 6.54. The van der Waals surface area contributed by atoms with Gasteiger partial charge in [-0.05, 0) is 50.5 Å². The molecule has 0 saturated carbocycles. The van der Waals surface area contributed by atoms with Crippen molar-refractivity contribution in [3.8, 4) is 0 Å². The van der Waals surface area contributed by atoms with Gasteiger partial charge < -0.3 is 9.26 Å². The first-order valence-corrected chi connectivity index (χ1v) is 13.1. The van der Waals surface area contributed by atoms with Gasteiger partial charge in [0.15, 0.2) is 11.0 Å². The van der Waals surface area contributed by atoms with E-state index in [2.05, 4.69) is 17.1 Å². The first-order valence-electron chi connectivity index (χ1n) is 11.3. The average Bonchev–Trinajstić information content (AvgIpc) is 3.52. The van der Waals surface area contributed by atoms with Crippen LogP contribution in [0.4, 0.5) is 0 Å². The number of thiophene rings is 1. The summed E-state index contributed by atoms with van der Waals surface area (Å²) in [5.41, 5.74) is 1.32. The molecule has 1 fully saturated rings. The highest BCUT2D eigenvalue weighted by Gasteiger charge is 2.25. The molecule has 2 aliphatic rings. The summed E-state index contributed by atoms with van der Waals surface area (Å²) in [4.78, 5) is 25.3. The van der Waals surface area contributed by atoms with Crippen molar-refractivity contribution in [3.63, 3.8) is 0 Å². The average molecular weight is 461 g/mol. The Kier molecular flexibility index (Phi) is 6.43. The second-order valence-electron chi connectivity index (χ2n) is 8.33. The molecular weight excluding hydrogens is 432 g/mol. The van der Waals surface area contributed by atoms with Gasteiger partial charge in [-0.1, -0.05) is 30.3 Å². The summed E-state index contributed by atoms with van der Waals surface area (Å²) in [7, 11) is 0.